The van der Waals surface area contributed by atoms with E-state index in [1.165, 1.54) is 0 Å². The highest BCUT2D eigenvalue weighted by atomic mass is 16.5. The topological polar surface area (TPSA) is 68.4 Å². The van der Waals surface area contributed by atoms with Gasteiger partial charge in [-0.1, -0.05) is 0 Å². The van der Waals surface area contributed by atoms with Crippen LogP contribution in [0.5, 0.6) is 11.5 Å². The first-order valence-electron chi connectivity index (χ1n) is 5.59. The summed E-state index contributed by atoms with van der Waals surface area (Å²) in [6, 6.07) is 6.88. The molecule has 0 amide bonds. The van der Waals surface area contributed by atoms with Gasteiger partial charge in [-0.15, -0.1) is 0 Å². The van der Waals surface area contributed by atoms with Crippen molar-refractivity contribution in [3.8, 4) is 11.5 Å². The quantitative estimate of drug-likeness (QED) is 0.851. The minimum atomic E-state index is 0.0834. The molecule has 0 aliphatic rings. The first-order chi connectivity index (χ1) is 8.10. The fourth-order valence-corrected chi connectivity index (χ4v) is 1.69. The van der Waals surface area contributed by atoms with Crippen LogP contribution in [0.1, 0.15) is 19.5 Å². The van der Waals surface area contributed by atoms with Crippen molar-refractivity contribution in [2.45, 2.75) is 26.5 Å². The molecule has 2 aromatic rings. The van der Waals surface area contributed by atoms with Gasteiger partial charge in [-0.25, -0.2) is 0 Å². The summed E-state index contributed by atoms with van der Waals surface area (Å²) in [7, 11) is 0. The van der Waals surface area contributed by atoms with Crippen LogP contribution in [0.2, 0.25) is 0 Å². The normalized spacial score (nSPS) is 11.1. The molecular weight excluding hydrogens is 216 g/mol. The Morgan fingerprint density at radius 1 is 1.35 bits per heavy atom. The van der Waals surface area contributed by atoms with Crippen LogP contribution >= 0.6 is 0 Å². The van der Waals surface area contributed by atoms with E-state index in [-0.39, 0.29) is 11.9 Å². The van der Waals surface area contributed by atoms with Crippen molar-refractivity contribution >= 4 is 10.9 Å². The molecule has 0 saturated carbocycles. The van der Waals surface area contributed by atoms with Crippen molar-refractivity contribution in [2.24, 2.45) is 5.73 Å². The maximum absolute atomic E-state index is 9.45. The van der Waals surface area contributed by atoms with Gasteiger partial charge in [0.15, 0.2) is 0 Å². The molecule has 4 heteroatoms. The van der Waals surface area contributed by atoms with E-state index in [4.69, 9.17) is 10.5 Å². The molecule has 0 bridgehead atoms. The fraction of sp³-hybridized carbons (Fsp3) is 0.308. The van der Waals surface area contributed by atoms with E-state index in [2.05, 4.69) is 4.98 Å². The van der Waals surface area contributed by atoms with Crippen molar-refractivity contribution in [3.63, 3.8) is 0 Å². The molecule has 1 aromatic heterocycles. The number of nitrogens with zero attached hydrogens (tertiary/aromatic N) is 1. The van der Waals surface area contributed by atoms with Gasteiger partial charge in [0.25, 0.3) is 0 Å². The molecule has 0 unspecified atom stereocenters. The number of aromatic nitrogens is 1. The highest BCUT2D eigenvalue weighted by Gasteiger charge is 2.08. The number of aromatic hydroxyl groups is 1. The van der Waals surface area contributed by atoms with Gasteiger partial charge in [0, 0.05) is 24.1 Å². The predicted octanol–water partition coefficient (Wildman–Crippen LogP) is 2.19. The third-order valence-corrected chi connectivity index (χ3v) is 2.38. The van der Waals surface area contributed by atoms with Gasteiger partial charge in [0.2, 0.25) is 0 Å². The summed E-state index contributed by atoms with van der Waals surface area (Å²) in [6.07, 6.45) is 0.0834. The lowest BCUT2D eigenvalue weighted by Crippen LogP contribution is -2.08. The SMILES string of the molecule is CC(C)Oc1cc(CN)nc2cc(O)ccc12. The molecule has 0 saturated heterocycles. The Balaban J connectivity index is 2.62. The van der Waals surface area contributed by atoms with Crippen molar-refractivity contribution < 1.29 is 9.84 Å². The average molecular weight is 232 g/mol. The van der Waals surface area contributed by atoms with E-state index in [1.807, 2.05) is 19.9 Å². The number of pyridine rings is 1. The van der Waals surface area contributed by atoms with Crippen LogP contribution in [0, 0.1) is 0 Å². The zero-order valence-electron chi connectivity index (χ0n) is 9.97. The summed E-state index contributed by atoms with van der Waals surface area (Å²) in [4.78, 5) is 4.36. The maximum atomic E-state index is 9.45. The second-order valence-corrected chi connectivity index (χ2v) is 4.18. The van der Waals surface area contributed by atoms with Crippen LogP contribution in [0.4, 0.5) is 0 Å². The maximum Gasteiger partial charge on any atom is 0.130 e. The van der Waals surface area contributed by atoms with Crippen molar-refractivity contribution in [3.05, 3.63) is 30.0 Å². The highest BCUT2D eigenvalue weighted by Crippen LogP contribution is 2.28. The van der Waals surface area contributed by atoms with E-state index >= 15 is 0 Å². The van der Waals surface area contributed by atoms with Gasteiger partial charge in [-0.3, -0.25) is 4.98 Å². The van der Waals surface area contributed by atoms with Gasteiger partial charge < -0.3 is 15.6 Å². The molecule has 0 radical (unpaired) electrons. The lowest BCUT2D eigenvalue weighted by Gasteiger charge is -2.13. The van der Waals surface area contributed by atoms with Gasteiger partial charge in [0.1, 0.15) is 11.5 Å². The van der Waals surface area contributed by atoms with Crippen LogP contribution in [0.25, 0.3) is 10.9 Å². The molecule has 2 rings (SSSR count). The molecule has 1 heterocycles. The Morgan fingerprint density at radius 3 is 2.76 bits per heavy atom. The first-order valence-corrected chi connectivity index (χ1v) is 5.59. The first kappa shape index (κ1) is 11.7. The number of phenolic OH excluding ortho intramolecular Hbond substituents is 1. The molecule has 0 aliphatic heterocycles. The second-order valence-electron chi connectivity index (χ2n) is 4.18. The monoisotopic (exact) mass is 232 g/mol. The Morgan fingerprint density at radius 2 is 2.12 bits per heavy atom. The lowest BCUT2D eigenvalue weighted by atomic mass is 10.1. The molecule has 0 aliphatic carbocycles. The highest BCUT2D eigenvalue weighted by molar-refractivity contribution is 5.86. The van der Waals surface area contributed by atoms with Gasteiger partial charge >= 0.3 is 0 Å². The fourth-order valence-electron chi connectivity index (χ4n) is 1.69. The minimum absolute atomic E-state index is 0.0834. The summed E-state index contributed by atoms with van der Waals surface area (Å²) in [5.41, 5.74) is 7.04. The number of nitrogens with two attached hydrogens (primary N) is 1. The van der Waals surface area contributed by atoms with Crippen LogP contribution < -0.4 is 10.5 Å². The second kappa shape index (κ2) is 4.59. The van der Waals surface area contributed by atoms with Gasteiger partial charge in [-0.2, -0.15) is 0 Å². The molecule has 4 nitrogen and oxygen atoms in total. The molecule has 0 spiro atoms. The predicted molar refractivity (Wildman–Crippen MR) is 67.1 cm³/mol. The smallest absolute Gasteiger partial charge is 0.130 e. The molecule has 1 aromatic carbocycles. The number of fused-ring (bicyclic) bond motifs is 1. The number of hydrogen-bond donors (Lipinski definition) is 2. The summed E-state index contributed by atoms with van der Waals surface area (Å²) < 4.78 is 5.73. The Hall–Kier alpha value is -1.81. The number of rotatable bonds is 3. The molecular formula is C13H16N2O2. The van der Waals surface area contributed by atoms with E-state index < -0.39 is 0 Å². The third-order valence-electron chi connectivity index (χ3n) is 2.38. The standard InChI is InChI=1S/C13H16N2O2/c1-8(2)17-13-5-9(7-14)15-12-6-10(16)3-4-11(12)13/h3-6,8,16H,7,14H2,1-2H3. The number of benzene rings is 1. The summed E-state index contributed by atoms with van der Waals surface area (Å²) in [6.45, 7) is 4.28. The Bertz CT molecular complexity index is 538. The zero-order chi connectivity index (χ0) is 12.4. The van der Waals surface area contributed by atoms with Crippen molar-refractivity contribution in [2.75, 3.05) is 0 Å². The molecule has 0 fully saturated rings. The number of ether oxygens (including phenoxy) is 1. The average Bonchev–Trinajstić information content (AvgIpc) is 2.27. The minimum Gasteiger partial charge on any atom is -0.508 e. The van der Waals surface area contributed by atoms with E-state index in [0.29, 0.717) is 12.1 Å². The third kappa shape index (κ3) is 2.47. The number of phenols is 1. The van der Waals surface area contributed by atoms with Crippen LogP contribution in [0.15, 0.2) is 24.3 Å². The molecule has 17 heavy (non-hydrogen) atoms. The number of hydrogen-bond acceptors (Lipinski definition) is 4. The largest absolute Gasteiger partial charge is 0.508 e. The van der Waals surface area contributed by atoms with Crippen LogP contribution in [-0.4, -0.2) is 16.2 Å². The Labute approximate surface area is 100 Å². The summed E-state index contributed by atoms with van der Waals surface area (Å²) in [5, 5.41) is 10.3. The molecule has 0 atom stereocenters. The van der Waals surface area contributed by atoms with Crippen LogP contribution in [0.3, 0.4) is 0 Å². The summed E-state index contributed by atoms with van der Waals surface area (Å²) in [5.74, 6) is 0.945. The Kier molecular flexibility index (Phi) is 3.15. The molecule has 90 valence electrons. The zero-order valence-corrected chi connectivity index (χ0v) is 9.97. The van der Waals surface area contributed by atoms with Gasteiger partial charge in [0.05, 0.1) is 17.3 Å². The van der Waals surface area contributed by atoms with E-state index in [1.54, 1.807) is 18.2 Å². The van der Waals surface area contributed by atoms with Crippen LogP contribution in [-0.2, 0) is 6.54 Å². The van der Waals surface area contributed by atoms with E-state index in [9.17, 15) is 5.11 Å². The molecule has 3 N–H and O–H groups in total. The summed E-state index contributed by atoms with van der Waals surface area (Å²) >= 11 is 0. The van der Waals surface area contributed by atoms with E-state index in [0.717, 1.165) is 16.8 Å². The van der Waals surface area contributed by atoms with Gasteiger partial charge in [-0.05, 0) is 26.0 Å². The van der Waals surface area contributed by atoms with Crippen molar-refractivity contribution in [1.29, 1.82) is 0 Å². The van der Waals surface area contributed by atoms with Crippen molar-refractivity contribution in [1.82, 2.24) is 4.98 Å². The lowest BCUT2D eigenvalue weighted by molar-refractivity contribution is 0.245.